The molecule has 2 aromatic rings. The van der Waals surface area contributed by atoms with Gasteiger partial charge in [-0.05, 0) is 25.5 Å². The zero-order valence-corrected chi connectivity index (χ0v) is 11.8. The van der Waals surface area contributed by atoms with Gasteiger partial charge in [-0.1, -0.05) is 6.07 Å². The molecule has 0 aromatic carbocycles. The first kappa shape index (κ1) is 13.3. The Bertz CT molecular complexity index is 692. The number of rotatable bonds is 3. The molecule has 0 aliphatic carbocycles. The first-order valence-electron chi connectivity index (χ1n) is 6.66. The van der Waals surface area contributed by atoms with Gasteiger partial charge in [-0.15, -0.1) is 0 Å². The van der Waals surface area contributed by atoms with Crippen molar-refractivity contribution in [3.63, 3.8) is 0 Å². The largest absolute Gasteiger partial charge is 0.463 e. The molecule has 21 heavy (non-hydrogen) atoms. The number of nitrogens with one attached hydrogen (secondary N) is 1. The lowest BCUT2D eigenvalue weighted by Crippen LogP contribution is -2.29. The van der Waals surface area contributed by atoms with Crippen molar-refractivity contribution in [3.05, 3.63) is 47.7 Å². The van der Waals surface area contributed by atoms with Crippen LogP contribution in [0.1, 0.15) is 25.5 Å². The number of hydrogen-bond acceptors (Lipinski definition) is 6. The molecule has 2 aromatic heterocycles. The second-order valence-electron chi connectivity index (χ2n) is 4.60. The monoisotopic (exact) mass is 285 g/mol. The van der Waals surface area contributed by atoms with Crippen LogP contribution in [-0.4, -0.2) is 32.3 Å². The molecule has 108 valence electrons. The van der Waals surface area contributed by atoms with Crippen LogP contribution in [0.4, 0.5) is 5.95 Å². The van der Waals surface area contributed by atoms with E-state index < -0.39 is 6.04 Å². The van der Waals surface area contributed by atoms with Gasteiger partial charge >= 0.3 is 5.97 Å². The van der Waals surface area contributed by atoms with Crippen LogP contribution in [0.5, 0.6) is 0 Å². The van der Waals surface area contributed by atoms with E-state index in [-0.39, 0.29) is 5.97 Å². The van der Waals surface area contributed by atoms with Crippen molar-refractivity contribution in [2.24, 2.45) is 0 Å². The highest BCUT2D eigenvalue weighted by Gasteiger charge is 2.34. The van der Waals surface area contributed by atoms with Crippen LogP contribution in [0, 0.1) is 0 Å². The number of pyridine rings is 1. The van der Waals surface area contributed by atoms with Crippen molar-refractivity contribution in [2.45, 2.75) is 19.9 Å². The smallest absolute Gasteiger partial charge is 0.338 e. The highest BCUT2D eigenvalue weighted by Crippen LogP contribution is 2.34. The number of carbonyl (C=O) groups is 1. The van der Waals surface area contributed by atoms with Gasteiger partial charge in [0, 0.05) is 18.1 Å². The second kappa shape index (κ2) is 5.35. The summed E-state index contributed by atoms with van der Waals surface area (Å²) in [5.74, 6) is 0.229. The third kappa shape index (κ3) is 2.26. The lowest BCUT2D eigenvalue weighted by atomic mass is 9.97. The van der Waals surface area contributed by atoms with E-state index >= 15 is 0 Å². The van der Waals surface area contributed by atoms with E-state index in [4.69, 9.17) is 4.74 Å². The highest BCUT2D eigenvalue weighted by molar-refractivity contribution is 5.92. The van der Waals surface area contributed by atoms with Gasteiger partial charge in [-0.25, -0.2) is 9.48 Å². The zero-order valence-electron chi connectivity index (χ0n) is 11.8. The average Bonchev–Trinajstić information content (AvgIpc) is 2.94. The minimum Gasteiger partial charge on any atom is -0.463 e. The Morgan fingerprint density at radius 2 is 2.38 bits per heavy atom. The number of allylic oxidation sites excluding steroid dienone is 1. The van der Waals surface area contributed by atoms with E-state index in [1.807, 2.05) is 19.1 Å². The summed E-state index contributed by atoms with van der Waals surface area (Å²) >= 11 is 0. The number of anilines is 1. The van der Waals surface area contributed by atoms with E-state index in [0.717, 1.165) is 5.56 Å². The van der Waals surface area contributed by atoms with Crippen LogP contribution in [0.2, 0.25) is 0 Å². The molecule has 0 spiro atoms. The van der Waals surface area contributed by atoms with Crippen molar-refractivity contribution in [1.29, 1.82) is 0 Å². The molecule has 0 bridgehead atoms. The fourth-order valence-electron chi connectivity index (χ4n) is 2.41. The van der Waals surface area contributed by atoms with Crippen molar-refractivity contribution in [1.82, 2.24) is 19.7 Å². The second-order valence-corrected chi connectivity index (χ2v) is 4.60. The lowest BCUT2D eigenvalue weighted by Gasteiger charge is -2.27. The molecule has 3 rings (SSSR count). The third-order valence-electron chi connectivity index (χ3n) is 3.29. The molecule has 1 N–H and O–H groups in total. The molecule has 0 fully saturated rings. The first-order valence-corrected chi connectivity index (χ1v) is 6.66. The van der Waals surface area contributed by atoms with E-state index in [1.54, 1.807) is 24.0 Å². The molecule has 1 aliphatic heterocycles. The Labute approximate surface area is 121 Å². The van der Waals surface area contributed by atoms with Crippen LogP contribution in [-0.2, 0) is 9.53 Å². The number of ether oxygens (including phenoxy) is 1. The van der Waals surface area contributed by atoms with Gasteiger partial charge in [0.1, 0.15) is 12.4 Å². The molecule has 3 heterocycles. The molecule has 7 nitrogen and oxygen atoms in total. The predicted molar refractivity (Wildman–Crippen MR) is 75.4 cm³/mol. The fourth-order valence-corrected chi connectivity index (χ4v) is 2.41. The number of esters is 1. The van der Waals surface area contributed by atoms with E-state index in [2.05, 4.69) is 20.4 Å². The van der Waals surface area contributed by atoms with Crippen LogP contribution < -0.4 is 5.32 Å². The topological polar surface area (TPSA) is 81.9 Å². The molecular formula is C14H15N5O2. The van der Waals surface area contributed by atoms with Crippen LogP contribution in [0.3, 0.4) is 0 Å². The molecule has 0 radical (unpaired) electrons. The predicted octanol–water partition coefficient (Wildman–Crippen LogP) is 1.53. The van der Waals surface area contributed by atoms with Gasteiger partial charge in [0.05, 0.1) is 12.2 Å². The highest BCUT2D eigenvalue weighted by atomic mass is 16.5. The number of carbonyl (C=O) groups excluding carboxylic acids is 1. The molecule has 1 aliphatic rings. The summed E-state index contributed by atoms with van der Waals surface area (Å²) < 4.78 is 6.84. The minimum atomic E-state index is -0.392. The Balaban J connectivity index is 2.13. The molecule has 7 heteroatoms. The standard InChI is InChI=1S/C14H15N5O2/c1-3-21-13(20)11-9(2)18-14-16-8-17-19(14)12(11)10-5-4-6-15-7-10/h4-8,12H,3H2,1-2H3,(H,16,17,18)/t12-/m1/s1. The third-order valence-corrected chi connectivity index (χ3v) is 3.29. The fraction of sp³-hybridized carbons (Fsp3) is 0.286. The SMILES string of the molecule is CCOC(=O)C1=C(C)Nc2ncnn2[C@@H]1c1cccnc1. The summed E-state index contributed by atoms with van der Waals surface area (Å²) in [6.45, 7) is 3.93. The molecule has 1 atom stereocenters. The normalized spacial score (nSPS) is 17.1. The average molecular weight is 285 g/mol. The lowest BCUT2D eigenvalue weighted by molar-refractivity contribution is -0.139. The van der Waals surface area contributed by atoms with Gasteiger partial charge in [0.15, 0.2) is 0 Å². The van der Waals surface area contributed by atoms with Crippen LogP contribution >= 0.6 is 0 Å². The Morgan fingerprint density at radius 3 is 3.10 bits per heavy atom. The van der Waals surface area contributed by atoms with E-state index in [0.29, 0.717) is 23.8 Å². The number of aromatic nitrogens is 4. The quantitative estimate of drug-likeness (QED) is 0.861. The Hall–Kier alpha value is -2.70. The van der Waals surface area contributed by atoms with Crippen molar-refractivity contribution in [2.75, 3.05) is 11.9 Å². The molecule has 0 unspecified atom stereocenters. The summed E-state index contributed by atoms with van der Waals surface area (Å²) in [5, 5.41) is 7.29. The van der Waals surface area contributed by atoms with Gasteiger partial charge < -0.3 is 10.1 Å². The summed E-state index contributed by atoms with van der Waals surface area (Å²) in [6, 6.07) is 3.34. The number of nitrogens with zero attached hydrogens (tertiary/aromatic N) is 4. The van der Waals surface area contributed by atoms with E-state index in [9.17, 15) is 4.79 Å². The van der Waals surface area contributed by atoms with Gasteiger partial charge in [-0.2, -0.15) is 10.1 Å². The summed E-state index contributed by atoms with van der Waals surface area (Å²) in [5.41, 5.74) is 2.08. The minimum absolute atomic E-state index is 0.319. The molecule has 0 saturated carbocycles. The summed E-state index contributed by atoms with van der Waals surface area (Å²) in [4.78, 5) is 20.6. The Morgan fingerprint density at radius 1 is 1.52 bits per heavy atom. The van der Waals surface area contributed by atoms with Crippen molar-refractivity contribution >= 4 is 11.9 Å². The van der Waals surface area contributed by atoms with Crippen molar-refractivity contribution in [3.8, 4) is 0 Å². The molecule has 0 saturated heterocycles. The van der Waals surface area contributed by atoms with Gasteiger partial charge in [0.2, 0.25) is 5.95 Å². The first-order chi connectivity index (χ1) is 10.2. The summed E-state index contributed by atoms with van der Waals surface area (Å²) in [6.07, 6.45) is 4.86. The van der Waals surface area contributed by atoms with Crippen LogP contribution in [0.15, 0.2) is 42.1 Å². The number of fused-ring (bicyclic) bond motifs is 1. The van der Waals surface area contributed by atoms with Gasteiger partial charge in [-0.3, -0.25) is 4.98 Å². The maximum atomic E-state index is 12.3. The Kier molecular flexibility index (Phi) is 3.39. The maximum absolute atomic E-state index is 12.3. The zero-order chi connectivity index (χ0) is 14.8. The maximum Gasteiger partial charge on any atom is 0.338 e. The van der Waals surface area contributed by atoms with Crippen molar-refractivity contribution < 1.29 is 9.53 Å². The summed E-state index contributed by atoms with van der Waals surface area (Å²) in [7, 11) is 0. The van der Waals surface area contributed by atoms with E-state index in [1.165, 1.54) is 6.33 Å². The molecule has 0 amide bonds. The van der Waals surface area contributed by atoms with Crippen LogP contribution in [0.25, 0.3) is 0 Å². The molecular weight excluding hydrogens is 270 g/mol. The number of hydrogen-bond donors (Lipinski definition) is 1. The van der Waals surface area contributed by atoms with Gasteiger partial charge in [0.25, 0.3) is 0 Å².